The molecule has 1 heterocycles. The molecule has 0 spiro atoms. The minimum Gasteiger partial charge on any atom is -0.392 e. The summed E-state index contributed by atoms with van der Waals surface area (Å²) in [6.45, 7) is 1.78. The van der Waals surface area contributed by atoms with Crippen LogP contribution in [0.25, 0.3) is 0 Å². The van der Waals surface area contributed by atoms with E-state index in [2.05, 4.69) is 21.1 Å². The summed E-state index contributed by atoms with van der Waals surface area (Å²) in [6.07, 6.45) is 6.58. The molecular formula is C15H19N3O. The lowest BCUT2D eigenvalue weighted by molar-refractivity contribution is 0.282. The quantitative estimate of drug-likeness (QED) is 0.827. The molecule has 1 aromatic heterocycles. The largest absolute Gasteiger partial charge is 0.392 e. The molecule has 100 valence electrons. The summed E-state index contributed by atoms with van der Waals surface area (Å²) in [7, 11) is 0. The topological polar surface area (TPSA) is 50.1 Å². The van der Waals surface area contributed by atoms with Gasteiger partial charge in [-0.15, -0.1) is 0 Å². The summed E-state index contributed by atoms with van der Waals surface area (Å²) in [6, 6.07) is 8.74. The number of aliphatic hydroxyl groups excluding tert-OH is 1. The molecule has 0 bridgehead atoms. The van der Waals surface area contributed by atoms with Crippen molar-refractivity contribution in [2.45, 2.75) is 38.6 Å². The van der Waals surface area contributed by atoms with Crippen molar-refractivity contribution < 1.29 is 5.11 Å². The van der Waals surface area contributed by atoms with E-state index in [9.17, 15) is 0 Å². The zero-order valence-electron chi connectivity index (χ0n) is 10.9. The maximum absolute atomic E-state index is 9.01. The number of aliphatic hydroxyl groups is 1. The Bertz CT molecular complexity index is 529. The van der Waals surface area contributed by atoms with Crippen LogP contribution in [0.1, 0.15) is 29.7 Å². The number of rotatable bonds is 6. The molecule has 1 aliphatic rings. The predicted octanol–water partition coefficient (Wildman–Crippen LogP) is 1.68. The van der Waals surface area contributed by atoms with Crippen LogP contribution in [0, 0.1) is 0 Å². The van der Waals surface area contributed by atoms with Gasteiger partial charge in [0.15, 0.2) is 0 Å². The second kappa shape index (κ2) is 5.55. The standard InChI is InChI=1S/C15H19N3O/c19-10-13-3-1-12(2-4-13)8-18-9-15(17-11-18)7-16-14-5-6-14/h1-4,9,11,14,16,19H,5-8,10H2. The minimum absolute atomic E-state index is 0.0995. The summed E-state index contributed by atoms with van der Waals surface area (Å²) in [4.78, 5) is 4.41. The van der Waals surface area contributed by atoms with E-state index < -0.39 is 0 Å². The highest BCUT2D eigenvalue weighted by molar-refractivity contribution is 5.22. The van der Waals surface area contributed by atoms with E-state index in [1.807, 2.05) is 30.6 Å². The first-order valence-electron chi connectivity index (χ1n) is 6.76. The summed E-state index contributed by atoms with van der Waals surface area (Å²) < 4.78 is 2.10. The zero-order chi connectivity index (χ0) is 13.1. The summed E-state index contributed by atoms with van der Waals surface area (Å²) in [5.74, 6) is 0. The van der Waals surface area contributed by atoms with Crippen molar-refractivity contribution in [1.82, 2.24) is 14.9 Å². The summed E-state index contributed by atoms with van der Waals surface area (Å²) >= 11 is 0. The molecular weight excluding hydrogens is 238 g/mol. The van der Waals surface area contributed by atoms with Crippen LogP contribution in [-0.2, 0) is 19.7 Å². The number of benzene rings is 1. The van der Waals surface area contributed by atoms with Gasteiger partial charge < -0.3 is 15.0 Å². The Kier molecular flexibility index (Phi) is 3.62. The van der Waals surface area contributed by atoms with Gasteiger partial charge in [0.05, 0.1) is 18.6 Å². The monoisotopic (exact) mass is 257 g/mol. The van der Waals surface area contributed by atoms with E-state index in [0.717, 1.165) is 30.4 Å². The van der Waals surface area contributed by atoms with Gasteiger partial charge in [-0.3, -0.25) is 0 Å². The third-order valence-corrected chi connectivity index (χ3v) is 3.41. The summed E-state index contributed by atoms with van der Waals surface area (Å²) in [5.41, 5.74) is 3.26. The molecule has 0 amide bonds. The molecule has 1 saturated carbocycles. The fourth-order valence-corrected chi connectivity index (χ4v) is 2.08. The molecule has 3 rings (SSSR count). The molecule has 1 aromatic carbocycles. The molecule has 1 fully saturated rings. The van der Waals surface area contributed by atoms with Crippen LogP contribution in [-0.4, -0.2) is 20.7 Å². The zero-order valence-corrected chi connectivity index (χ0v) is 10.9. The van der Waals surface area contributed by atoms with E-state index in [0.29, 0.717) is 0 Å². The number of imidazole rings is 1. The van der Waals surface area contributed by atoms with Crippen molar-refractivity contribution in [1.29, 1.82) is 0 Å². The normalized spacial score (nSPS) is 14.8. The van der Waals surface area contributed by atoms with Crippen LogP contribution >= 0.6 is 0 Å². The van der Waals surface area contributed by atoms with Gasteiger partial charge in [-0.25, -0.2) is 4.98 Å². The van der Waals surface area contributed by atoms with Gasteiger partial charge in [0.2, 0.25) is 0 Å². The Hall–Kier alpha value is -1.65. The second-order valence-corrected chi connectivity index (χ2v) is 5.17. The maximum atomic E-state index is 9.01. The van der Waals surface area contributed by atoms with Gasteiger partial charge >= 0.3 is 0 Å². The highest BCUT2D eigenvalue weighted by atomic mass is 16.3. The lowest BCUT2D eigenvalue weighted by Gasteiger charge is -2.03. The van der Waals surface area contributed by atoms with Gasteiger partial charge in [0.1, 0.15) is 0 Å². The Labute approximate surface area is 113 Å². The smallest absolute Gasteiger partial charge is 0.0953 e. The predicted molar refractivity (Wildman–Crippen MR) is 73.6 cm³/mol. The van der Waals surface area contributed by atoms with Crippen molar-refractivity contribution >= 4 is 0 Å². The Morgan fingerprint density at radius 1 is 1.21 bits per heavy atom. The van der Waals surface area contributed by atoms with Gasteiger partial charge in [-0.05, 0) is 24.0 Å². The molecule has 4 nitrogen and oxygen atoms in total. The van der Waals surface area contributed by atoms with E-state index >= 15 is 0 Å². The number of hydrogen-bond acceptors (Lipinski definition) is 3. The van der Waals surface area contributed by atoms with Crippen LogP contribution in [0.5, 0.6) is 0 Å². The van der Waals surface area contributed by atoms with E-state index in [4.69, 9.17) is 5.11 Å². The molecule has 19 heavy (non-hydrogen) atoms. The van der Waals surface area contributed by atoms with Crippen LogP contribution in [0.3, 0.4) is 0 Å². The molecule has 0 aliphatic heterocycles. The molecule has 4 heteroatoms. The fourth-order valence-electron chi connectivity index (χ4n) is 2.08. The average Bonchev–Trinajstić information content (AvgIpc) is 3.17. The number of hydrogen-bond donors (Lipinski definition) is 2. The Morgan fingerprint density at radius 2 is 1.95 bits per heavy atom. The van der Waals surface area contributed by atoms with Crippen molar-refractivity contribution in [2.24, 2.45) is 0 Å². The molecule has 0 saturated heterocycles. The lowest BCUT2D eigenvalue weighted by atomic mass is 10.1. The first-order valence-corrected chi connectivity index (χ1v) is 6.76. The SMILES string of the molecule is OCc1ccc(Cn2cnc(CNC3CC3)c2)cc1. The summed E-state index contributed by atoms with van der Waals surface area (Å²) in [5, 5.41) is 12.5. The number of nitrogens with one attached hydrogen (secondary N) is 1. The minimum atomic E-state index is 0.0995. The van der Waals surface area contributed by atoms with Crippen molar-refractivity contribution in [3.05, 3.63) is 53.6 Å². The molecule has 0 radical (unpaired) electrons. The second-order valence-electron chi connectivity index (χ2n) is 5.17. The molecule has 2 aromatic rings. The third-order valence-electron chi connectivity index (χ3n) is 3.41. The molecule has 0 atom stereocenters. The van der Waals surface area contributed by atoms with Crippen LogP contribution < -0.4 is 5.32 Å². The highest BCUT2D eigenvalue weighted by Crippen LogP contribution is 2.19. The Morgan fingerprint density at radius 3 is 2.63 bits per heavy atom. The van der Waals surface area contributed by atoms with E-state index in [-0.39, 0.29) is 6.61 Å². The third kappa shape index (κ3) is 3.43. The lowest BCUT2D eigenvalue weighted by Crippen LogP contribution is -2.15. The van der Waals surface area contributed by atoms with Gasteiger partial charge in [0.25, 0.3) is 0 Å². The molecule has 1 aliphatic carbocycles. The van der Waals surface area contributed by atoms with Gasteiger partial charge in [-0.1, -0.05) is 24.3 Å². The fraction of sp³-hybridized carbons (Fsp3) is 0.400. The molecule has 0 unspecified atom stereocenters. The van der Waals surface area contributed by atoms with Crippen LogP contribution in [0.2, 0.25) is 0 Å². The van der Waals surface area contributed by atoms with E-state index in [1.54, 1.807) is 0 Å². The first kappa shape index (κ1) is 12.4. The molecule has 2 N–H and O–H groups in total. The maximum Gasteiger partial charge on any atom is 0.0953 e. The number of nitrogens with zero attached hydrogens (tertiary/aromatic N) is 2. The van der Waals surface area contributed by atoms with Gasteiger partial charge in [-0.2, -0.15) is 0 Å². The van der Waals surface area contributed by atoms with E-state index in [1.165, 1.54) is 18.4 Å². The van der Waals surface area contributed by atoms with Crippen LogP contribution in [0.4, 0.5) is 0 Å². The first-order chi connectivity index (χ1) is 9.33. The van der Waals surface area contributed by atoms with Crippen molar-refractivity contribution in [2.75, 3.05) is 0 Å². The van der Waals surface area contributed by atoms with Crippen molar-refractivity contribution in [3.63, 3.8) is 0 Å². The highest BCUT2D eigenvalue weighted by Gasteiger charge is 2.20. The van der Waals surface area contributed by atoms with Gasteiger partial charge in [0, 0.05) is 25.3 Å². The number of aromatic nitrogens is 2. The van der Waals surface area contributed by atoms with Crippen LogP contribution in [0.15, 0.2) is 36.8 Å². The van der Waals surface area contributed by atoms with Crippen molar-refractivity contribution in [3.8, 4) is 0 Å². The Balaban J connectivity index is 1.58. The average molecular weight is 257 g/mol.